The minimum atomic E-state index is -1.82. The number of hydrogen-bond donors (Lipinski definition) is 16. The van der Waals surface area contributed by atoms with E-state index in [0.29, 0.717) is 57.8 Å². The van der Waals surface area contributed by atoms with Gasteiger partial charge in [0.15, 0.2) is 27.8 Å². The van der Waals surface area contributed by atoms with Crippen molar-refractivity contribution in [3.05, 3.63) is 106 Å². The van der Waals surface area contributed by atoms with Gasteiger partial charge in [0, 0.05) is 26.4 Å². The molecule has 0 radical (unpaired) electrons. The van der Waals surface area contributed by atoms with Crippen molar-refractivity contribution in [3.63, 3.8) is 0 Å². The molecule has 0 aromatic carbocycles. The van der Waals surface area contributed by atoms with E-state index in [1.165, 1.54) is 44.9 Å². The van der Waals surface area contributed by atoms with Gasteiger partial charge in [0.05, 0.1) is 6.42 Å². The van der Waals surface area contributed by atoms with Gasteiger partial charge in [0.1, 0.15) is 0 Å². The van der Waals surface area contributed by atoms with Gasteiger partial charge < -0.3 is 193 Å². The second kappa shape index (κ2) is 106. The normalized spacial score (nSPS) is 19.0. The third-order valence-electron chi connectivity index (χ3n) is 19.9. The van der Waals surface area contributed by atoms with Crippen LogP contribution in [0.5, 0.6) is 0 Å². The first-order chi connectivity index (χ1) is 55.6. The maximum Gasteiger partial charge on any atom is 2.00 e. The zero-order valence-electron chi connectivity index (χ0n) is 71.2. The van der Waals surface area contributed by atoms with Gasteiger partial charge in [-0.25, -0.2) is 14.4 Å². The predicted molar refractivity (Wildman–Crippen MR) is 468 cm³/mol. The van der Waals surface area contributed by atoms with Crippen molar-refractivity contribution in [1.29, 1.82) is 0 Å². The van der Waals surface area contributed by atoms with E-state index in [1.54, 1.807) is 0 Å². The third kappa shape index (κ3) is 82.8. The molecule has 0 aromatic heterocycles. The van der Waals surface area contributed by atoms with Gasteiger partial charge in [-0.1, -0.05) is 121 Å². The fourth-order valence-electron chi connectivity index (χ4n) is 10.5. The predicted octanol–water partition coefficient (Wildman–Crippen LogP) is 19.7. The number of nitrogens with one attached hydrogen (secondary N) is 12. The van der Waals surface area contributed by atoms with Crippen LogP contribution in [-0.4, -0.2) is 262 Å². The first kappa shape index (κ1) is 177. The Morgan fingerprint density at radius 1 is 0.366 bits per heavy atom. The maximum atomic E-state index is 10.4. The molecule has 0 amide bonds. The van der Waals surface area contributed by atoms with Crippen molar-refractivity contribution in [2.24, 2.45) is 38.2 Å². The van der Waals surface area contributed by atoms with Crippen molar-refractivity contribution in [2.75, 3.05) is 65.7 Å². The van der Waals surface area contributed by atoms with Gasteiger partial charge in [-0.05, 0) is 101 Å². The van der Waals surface area contributed by atoms with Crippen LogP contribution in [0.2, 0.25) is 0 Å². The minimum absolute atomic E-state index is 0. The quantitative estimate of drug-likeness (QED) is 0.0398. The Morgan fingerprint density at radius 2 is 0.580 bits per heavy atom. The van der Waals surface area contributed by atoms with Gasteiger partial charge in [0.2, 0.25) is 0 Å². The van der Waals surface area contributed by atoms with Gasteiger partial charge in [0.25, 0.3) is 0 Å². The number of hydrogen-bond acceptors (Lipinski definition) is 17. The van der Waals surface area contributed by atoms with E-state index in [4.69, 9.17) is 222 Å². The van der Waals surface area contributed by atoms with Crippen LogP contribution in [0.4, 0.5) is 0 Å². The van der Waals surface area contributed by atoms with E-state index in [0.717, 1.165) is 90.3 Å². The summed E-state index contributed by atoms with van der Waals surface area (Å²) in [7, 11) is 29.2. The summed E-state index contributed by atoms with van der Waals surface area (Å²) in [6.07, 6.45) is 24.2. The molecule has 41 N–H and O–H groups in total. The van der Waals surface area contributed by atoms with E-state index >= 15 is 0 Å². The molecule has 9 fully saturated rings. The molecule has 47 nitrogen and oxygen atoms in total. The van der Waals surface area contributed by atoms with Crippen LogP contribution in [0.1, 0.15) is 212 Å². The number of halogens is 6. The molecular weight excluding hydrogens is 3510 g/mol. The Morgan fingerprint density at radius 3 is 0.664 bits per heavy atom. The summed E-state index contributed by atoms with van der Waals surface area (Å²) in [6, 6.07) is 0.650. The summed E-state index contributed by atoms with van der Waals surface area (Å²) in [5.74, 6) is -16.1. The summed E-state index contributed by atoms with van der Waals surface area (Å²) >= 11 is -1.42. The Bertz CT molecular complexity index is 2520. The molecule has 0 bridgehead atoms. The van der Waals surface area contributed by atoms with Crippen molar-refractivity contribution in [3.8, 4) is 0 Å². The molecule has 1 unspecified atom stereocenters. The summed E-state index contributed by atoms with van der Waals surface area (Å²) in [5.41, 5.74) is 83.8. The molecule has 0 spiro atoms. The number of carboxylic acid groups (broad SMARTS) is 12. The zero-order valence-corrected chi connectivity index (χ0v) is 96.2. The molecule has 0 aromatic rings. The summed E-state index contributed by atoms with van der Waals surface area (Å²) < 4.78 is 5.16. The molecule has 806 valence electrons. The second-order valence-electron chi connectivity index (χ2n) is 28.4. The number of carbonyl (C=O) groups is 12. The van der Waals surface area contributed by atoms with E-state index in [-0.39, 0.29) is 289 Å². The molecule has 8 saturated carbocycles. The number of carboxylic acids is 12. The average molecular weight is 3650 g/mol. The fourth-order valence-corrected chi connectivity index (χ4v) is 10.5. The minimum Gasteiger partial charge on any atom is -0.693 e. The Kier molecular flexibility index (Phi) is 144. The van der Waals surface area contributed by atoms with E-state index < -0.39 is 161 Å². The van der Waals surface area contributed by atoms with Crippen LogP contribution < -0.4 is 5.73 Å². The monoisotopic (exact) mass is 3640 g/mol. The van der Waals surface area contributed by atoms with Crippen molar-refractivity contribution in [1.82, 2.24) is 0 Å². The zero-order chi connectivity index (χ0) is 93.8. The van der Waals surface area contributed by atoms with Crippen molar-refractivity contribution >= 4 is 128 Å². The molecule has 1 saturated heterocycles. The topological polar surface area (TPSA) is 1030 Å². The average Bonchev–Trinajstić information content (AvgIpc) is 0.938. The third-order valence-corrected chi connectivity index (χ3v) is 19.9. The van der Waals surface area contributed by atoms with Crippen LogP contribution in [0.3, 0.4) is 0 Å². The molecule has 131 heavy (non-hydrogen) atoms. The Labute approximate surface area is 902 Å². The van der Waals surface area contributed by atoms with Gasteiger partial charge in [-0.3, -0.25) is 43.2 Å². The fraction of sp³-hybridized carbons (Fsp3) is 0.826. The molecule has 9 aliphatic rings. The van der Waals surface area contributed by atoms with Gasteiger partial charge in [-0.15, -0.1) is 63.4 Å². The Hall–Kier alpha value is 0.655. The number of aliphatic hydroxyl groups is 3. The number of ether oxygens (including phenoxy) is 1. The molecule has 9 rings (SSSR count). The first-order valence-corrected chi connectivity index (χ1v) is 54.1. The number of rotatable bonds is 20. The maximum absolute atomic E-state index is 10.4. The number of aliphatic hydroxyl groups excluding tert-OH is 3. The first-order valence-electron chi connectivity index (χ1n) is 37.2. The standard InChI is InChI=1S/C7H14N2O.2C6H12N2.C6H12N.4C6H8O4.C5H12N2O2.C5H10N.C4H11N3.C4H6O5.C2H2O4.6ClH.6H2N.9Pt/c8-5-7(6-9)1-3-10-4-2-7;7-5-1-2-6(8)4-3-5;7-5-3-1-2-4-6(5)8;7-6-4-2-1-3-5-6;4*7-4(8)6(5(9)10)2-1-3-6;6-1-5(2-7,3-8)4-9;6-5-3-1-2-4-5;5-2-1-4(7)3-6;5-2(4(8)9)1-3(6)7;3-1(4)2(5)6;;;;;;;;;;;;;;;;;;;;;/h8-9H,1-6H2;2*5-8H,1-4H2;6-7H,1-5H2;4*1-3H2,(H,7,8)(H,9,10);6-9H,1-4H2;5-6H,1-4H2;4-6H,1-3,7H2;2,5H,1H2,(H,6,7)(H,8,9);(H,3,4)(H,5,6);6*1H;6*1H2;;;;;;;;;/q3*-2;-1;;;;;-2;-1;-2;;;;;;;;;6*-1;6*+2;3*+4/p-6/t;;5-,6-;;;;;;;;4-;;;;;;;;;;;;;;;;;;;;;;;/m..1.......1......................./s1. The smallest absolute Gasteiger partial charge is 0.693 e. The molecule has 8 aliphatic carbocycles. The molecular formula is C69H135Cl6N19O28Pt9. The SMILES string of the molecule is O=C(O)C(=O)O.O=C(O)C1(C(=O)O)CCC1.O=C(O)C1(C(=O)O)CCC1.O=C(O)C1(C(=O)O)CCC1.O=C(O)C1(C(=O)O)CCC1.O=C(O)CC(O)C(=O)O.[Cl][Pt+2][Cl].[Cl][Pt+2][Cl].[Cl][Pt+2][Cl].[NH-]C1CCC([NH-])CC1.[NH-]C1CCCC1.[NH-]C1CCCCC1.[NH-]CC(C[NH-])(CO)CO.[NH-]CC1(C[NH-])CCOCC1.[NH-]CC[C@@H](N)C[NH-].[NH-][C@@H]1CCCC[C@H]1[NH-].[NH2-].[NH2-].[NH2-].[NH2-].[NH2-].[NH2-].[Pt+2].[Pt+2].[Pt+2].[Pt+2].[Pt+2].[Pt+2]. The van der Waals surface area contributed by atoms with E-state index in [2.05, 4.69) is 0 Å². The van der Waals surface area contributed by atoms with E-state index in [1.807, 2.05) is 0 Å². The molecule has 1 heterocycles. The Balaban J connectivity index is -0.0000000602. The second-order valence-corrected chi connectivity index (χ2v) is 38.2. The van der Waals surface area contributed by atoms with Gasteiger partial charge >= 0.3 is 304 Å². The number of aliphatic carboxylic acids is 12. The van der Waals surface area contributed by atoms with Crippen LogP contribution in [0, 0.1) is 32.5 Å². The van der Waals surface area contributed by atoms with Gasteiger partial charge in [-0.2, -0.15) is 12.1 Å². The van der Waals surface area contributed by atoms with Crippen molar-refractivity contribution in [2.45, 2.75) is 260 Å². The molecule has 62 heteroatoms. The van der Waals surface area contributed by atoms with Crippen LogP contribution in [0.25, 0.3) is 106 Å². The van der Waals surface area contributed by atoms with E-state index in [9.17, 15) is 47.9 Å². The molecule has 4 atom stereocenters. The van der Waals surface area contributed by atoms with Crippen LogP contribution >= 0.6 is 56.5 Å². The summed E-state index contributed by atoms with van der Waals surface area (Å²) in [4.78, 5) is 121. The van der Waals surface area contributed by atoms with Crippen LogP contribution in [0.15, 0.2) is 0 Å². The molecule has 1 aliphatic heterocycles. The largest absolute Gasteiger partial charge is 2.00 e. The summed E-state index contributed by atoms with van der Waals surface area (Å²) in [5, 5.41) is 124. The number of nitrogens with two attached hydrogens (primary N) is 7. The van der Waals surface area contributed by atoms with Crippen molar-refractivity contribution < 1.29 is 315 Å². The van der Waals surface area contributed by atoms with Crippen LogP contribution in [-0.2, 0) is 238 Å². The summed E-state index contributed by atoms with van der Waals surface area (Å²) in [6.45, 7) is 2.12.